The van der Waals surface area contributed by atoms with E-state index in [9.17, 15) is 14.9 Å². The Morgan fingerprint density at radius 3 is 2.90 bits per heavy atom. The molecule has 102 valence electrons. The van der Waals surface area contributed by atoms with Gasteiger partial charge in [0.05, 0.1) is 10.5 Å². The van der Waals surface area contributed by atoms with Gasteiger partial charge < -0.3 is 0 Å². The highest BCUT2D eigenvalue weighted by Crippen LogP contribution is 2.32. The molecule has 0 saturated carbocycles. The number of thioether (sulfide) groups is 2. The molecule has 0 saturated heterocycles. The highest BCUT2D eigenvalue weighted by atomic mass is 32.2. The van der Waals surface area contributed by atoms with Crippen LogP contribution < -0.4 is 0 Å². The van der Waals surface area contributed by atoms with E-state index in [0.717, 1.165) is 11.8 Å². The van der Waals surface area contributed by atoms with Crippen LogP contribution in [0.5, 0.6) is 0 Å². The summed E-state index contributed by atoms with van der Waals surface area (Å²) in [5.74, 6) is 0.665. The van der Waals surface area contributed by atoms with Gasteiger partial charge in [-0.3, -0.25) is 14.9 Å². The maximum absolute atomic E-state index is 11.8. The normalized spacial score (nSPS) is 16.3. The number of nitro benzene ring substituents is 1. The van der Waals surface area contributed by atoms with Crippen LogP contribution in [0.15, 0.2) is 47.6 Å². The van der Waals surface area contributed by atoms with Crippen LogP contribution in [0.2, 0.25) is 0 Å². The molecule has 1 aliphatic rings. The molecular formula is C13H10N2O3S2. The van der Waals surface area contributed by atoms with Crippen molar-refractivity contribution in [1.82, 2.24) is 0 Å². The summed E-state index contributed by atoms with van der Waals surface area (Å²) < 4.78 is 0.639. The van der Waals surface area contributed by atoms with E-state index < -0.39 is 4.92 Å². The van der Waals surface area contributed by atoms with Gasteiger partial charge in [0.15, 0.2) is 0 Å². The van der Waals surface area contributed by atoms with Crippen molar-refractivity contribution in [3.8, 4) is 0 Å². The number of nitrogens with zero attached hydrogens (tertiary/aromatic N) is 2. The van der Waals surface area contributed by atoms with E-state index in [4.69, 9.17) is 0 Å². The summed E-state index contributed by atoms with van der Waals surface area (Å²) in [4.78, 5) is 26.4. The van der Waals surface area contributed by atoms with Gasteiger partial charge in [0.25, 0.3) is 5.69 Å². The summed E-state index contributed by atoms with van der Waals surface area (Å²) in [5, 5.41) is 10.7. The minimum Gasteiger partial charge on any atom is -0.279 e. The summed E-state index contributed by atoms with van der Waals surface area (Å²) in [6, 6.07) is 6.26. The molecule has 0 aliphatic carbocycles. The molecule has 1 aliphatic heterocycles. The van der Waals surface area contributed by atoms with Crippen molar-refractivity contribution >= 4 is 44.8 Å². The zero-order valence-electron chi connectivity index (χ0n) is 10.3. The van der Waals surface area contributed by atoms with E-state index in [1.54, 1.807) is 24.3 Å². The van der Waals surface area contributed by atoms with Crippen LogP contribution >= 0.6 is 23.5 Å². The van der Waals surface area contributed by atoms with Crippen molar-refractivity contribution in [3.63, 3.8) is 0 Å². The molecule has 1 aromatic rings. The molecular weight excluding hydrogens is 296 g/mol. The molecule has 1 heterocycles. The molecule has 0 radical (unpaired) electrons. The minimum absolute atomic E-state index is 0.0415. The molecule has 20 heavy (non-hydrogen) atoms. The van der Waals surface area contributed by atoms with Crippen molar-refractivity contribution in [2.45, 2.75) is 0 Å². The molecule has 5 nitrogen and oxygen atoms in total. The topological polar surface area (TPSA) is 72.6 Å². The maximum atomic E-state index is 11.8. The standard InChI is InChI=1S/C13H10N2O3S2/c1-2-7-19-13-14-10(12(16)20-13)8-9-5-3-4-6-11(9)15(17)18/h2-6,8H,1,7H2. The number of aliphatic imine (C=N–C) groups is 1. The number of hydrogen-bond donors (Lipinski definition) is 0. The maximum Gasteiger partial charge on any atom is 0.276 e. The first-order chi connectivity index (χ1) is 9.61. The average molecular weight is 306 g/mol. The van der Waals surface area contributed by atoms with Gasteiger partial charge in [-0.05, 0) is 23.9 Å². The lowest BCUT2D eigenvalue weighted by Gasteiger charge is -1.96. The molecule has 0 atom stereocenters. The van der Waals surface area contributed by atoms with E-state index in [1.165, 1.54) is 23.9 Å². The Morgan fingerprint density at radius 2 is 2.20 bits per heavy atom. The van der Waals surface area contributed by atoms with Gasteiger partial charge in [0.2, 0.25) is 5.12 Å². The van der Waals surface area contributed by atoms with Crippen molar-refractivity contribution in [3.05, 3.63) is 58.3 Å². The Balaban J connectivity index is 2.31. The molecule has 0 bridgehead atoms. The Morgan fingerprint density at radius 1 is 1.45 bits per heavy atom. The van der Waals surface area contributed by atoms with Crippen molar-refractivity contribution in [1.29, 1.82) is 0 Å². The van der Waals surface area contributed by atoms with E-state index in [1.807, 2.05) is 0 Å². The molecule has 0 unspecified atom stereocenters. The van der Waals surface area contributed by atoms with Crippen LogP contribution in [0.1, 0.15) is 5.56 Å². The number of hydrogen-bond acceptors (Lipinski definition) is 6. The van der Waals surface area contributed by atoms with Gasteiger partial charge in [0.1, 0.15) is 10.1 Å². The van der Waals surface area contributed by atoms with Crippen molar-refractivity contribution in [2.24, 2.45) is 4.99 Å². The largest absolute Gasteiger partial charge is 0.279 e. The summed E-state index contributed by atoms with van der Waals surface area (Å²) in [6.45, 7) is 3.60. The van der Waals surface area contributed by atoms with Crippen LogP contribution in [0.4, 0.5) is 5.69 Å². The Labute approximate surface area is 124 Å². The first kappa shape index (κ1) is 14.5. The lowest BCUT2D eigenvalue weighted by Crippen LogP contribution is -1.93. The zero-order valence-corrected chi connectivity index (χ0v) is 11.9. The Bertz CT molecular complexity index is 638. The number of nitro groups is 1. The first-order valence-electron chi connectivity index (χ1n) is 5.61. The molecule has 0 amide bonds. The minimum atomic E-state index is -0.476. The van der Waals surface area contributed by atoms with E-state index in [0.29, 0.717) is 15.7 Å². The predicted molar refractivity (Wildman–Crippen MR) is 83.8 cm³/mol. The van der Waals surface area contributed by atoms with Gasteiger partial charge in [-0.1, -0.05) is 30.0 Å². The number of para-hydroxylation sites is 1. The van der Waals surface area contributed by atoms with Crippen molar-refractivity contribution < 1.29 is 9.72 Å². The van der Waals surface area contributed by atoms with Gasteiger partial charge in [-0.15, -0.1) is 6.58 Å². The number of rotatable bonds is 4. The Hall–Kier alpha value is -1.86. The van der Waals surface area contributed by atoms with Crippen LogP contribution in [0.25, 0.3) is 6.08 Å². The second kappa shape index (κ2) is 6.53. The fourth-order valence-electron chi connectivity index (χ4n) is 1.50. The van der Waals surface area contributed by atoms with Gasteiger partial charge in [-0.25, -0.2) is 4.99 Å². The van der Waals surface area contributed by atoms with E-state index in [2.05, 4.69) is 11.6 Å². The monoisotopic (exact) mass is 306 g/mol. The number of carbonyl (C=O) groups excluding carboxylic acids is 1. The fraction of sp³-hybridized carbons (Fsp3) is 0.0769. The third kappa shape index (κ3) is 3.37. The van der Waals surface area contributed by atoms with Crippen molar-refractivity contribution in [2.75, 3.05) is 5.75 Å². The number of carbonyl (C=O) groups is 1. The summed E-state index contributed by atoms with van der Waals surface area (Å²) >= 11 is 2.45. The molecule has 0 N–H and O–H groups in total. The highest BCUT2D eigenvalue weighted by molar-refractivity contribution is 8.45. The predicted octanol–water partition coefficient (Wildman–Crippen LogP) is 3.48. The van der Waals surface area contributed by atoms with E-state index >= 15 is 0 Å². The van der Waals surface area contributed by atoms with Crippen LogP contribution in [-0.2, 0) is 4.79 Å². The lowest BCUT2D eigenvalue weighted by molar-refractivity contribution is -0.385. The SMILES string of the molecule is C=CCSC1=NC(=Cc2ccccc2[N+](=O)[O-])C(=O)S1. The van der Waals surface area contributed by atoms with E-state index in [-0.39, 0.29) is 16.5 Å². The van der Waals surface area contributed by atoms with Gasteiger partial charge >= 0.3 is 0 Å². The Kier molecular flexibility index (Phi) is 4.75. The molecule has 2 rings (SSSR count). The number of benzene rings is 1. The third-order valence-electron chi connectivity index (χ3n) is 2.35. The molecule has 7 heteroatoms. The molecule has 0 spiro atoms. The van der Waals surface area contributed by atoms with Crippen LogP contribution in [0.3, 0.4) is 0 Å². The molecule has 1 aromatic carbocycles. The van der Waals surface area contributed by atoms with Gasteiger partial charge in [-0.2, -0.15) is 0 Å². The van der Waals surface area contributed by atoms with Gasteiger partial charge in [0, 0.05) is 11.8 Å². The average Bonchev–Trinajstić information content (AvgIpc) is 2.77. The zero-order chi connectivity index (χ0) is 14.5. The fourth-order valence-corrected chi connectivity index (χ4v) is 3.11. The summed E-state index contributed by atoms with van der Waals surface area (Å²) in [6.07, 6.45) is 3.18. The lowest BCUT2D eigenvalue weighted by atomic mass is 10.1. The second-order valence-electron chi connectivity index (χ2n) is 3.71. The van der Waals surface area contributed by atoms with Crippen LogP contribution in [-0.4, -0.2) is 20.2 Å². The second-order valence-corrected chi connectivity index (χ2v) is 5.94. The molecule has 0 fully saturated rings. The van der Waals surface area contributed by atoms with Crippen LogP contribution in [0, 0.1) is 10.1 Å². The highest BCUT2D eigenvalue weighted by Gasteiger charge is 2.23. The third-order valence-corrected chi connectivity index (χ3v) is 4.36. The summed E-state index contributed by atoms with van der Waals surface area (Å²) in [5.41, 5.74) is 0.566. The smallest absolute Gasteiger partial charge is 0.276 e. The first-order valence-corrected chi connectivity index (χ1v) is 7.41. The molecule has 0 aromatic heterocycles. The summed E-state index contributed by atoms with van der Waals surface area (Å²) in [7, 11) is 0. The quantitative estimate of drug-likeness (QED) is 0.368.